The van der Waals surface area contributed by atoms with Crippen molar-refractivity contribution in [3.05, 3.63) is 266 Å². The van der Waals surface area contributed by atoms with E-state index in [1.807, 2.05) is 0 Å². The van der Waals surface area contributed by atoms with Gasteiger partial charge in [0.25, 0.3) is 0 Å². The Morgan fingerprint density at radius 2 is 0.554 bits per heavy atom. The third-order valence-corrected chi connectivity index (χ3v) is 13.1. The summed E-state index contributed by atoms with van der Waals surface area (Å²) in [6.07, 6.45) is 0. The molecule has 0 heterocycles. The van der Waals surface area contributed by atoms with Crippen LogP contribution in [0.5, 0.6) is 0 Å². The van der Waals surface area contributed by atoms with Crippen LogP contribution in [0.15, 0.2) is 255 Å². The molecule has 0 unspecified atom stereocenters. The summed E-state index contributed by atoms with van der Waals surface area (Å²) in [5, 5.41) is 0. The normalized spacial score (nSPS) is 12.3. The highest BCUT2D eigenvalue weighted by molar-refractivity contribution is 5.87. The van der Waals surface area contributed by atoms with Crippen LogP contribution in [-0.2, 0) is 5.41 Å². The molecule has 0 bridgehead atoms. The van der Waals surface area contributed by atoms with E-state index in [1.54, 1.807) is 0 Å². The van der Waals surface area contributed by atoms with Gasteiger partial charge in [-0.1, -0.05) is 196 Å². The average molecular weight is 833 g/mol. The van der Waals surface area contributed by atoms with Crippen molar-refractivity contribution in [3.8, 4) is 55.6 Å². The number of nitrogens with zero attached hydrogens (tertiary/aromatic N) is 2. The Morgan fingerprint density at radius 1 is 0.231 bits per heavy atom. The smallest absolute Gasteiger partial charge is 0.0467 e. The van der Waals surface area contributed by atoms with E-state index in [-0.39, 0.29) is 5.41 Å². The van der Waals surface area contributed by atoms with E-state index in [2.05, 4.69) is 278 Å². The molecule has 0 atom stereocenters. The first-order valence-corrected chi connectivity index (χ1v) is 22.5. The zero-order valence-corrected chi connectivity index (χ0v) is 36.6. The molecule has 0 fully saturated rings. The van der Waals surface area contributed by atoms with Crippen molar-refractivity contribution >= 4 is 34.1 Å². The minimum Gasteiger partial charge on any atom is -0.311 e. The van der Waals surface area contributed by atoms with Crippen LogP contribution in [-0.4, -0.2) is 0 Å². The summed E-state index contributed by atoms with van der Waals surface area (Å²) in [6.45, 7) is 4.70. The molecule has 10 aromatic rings. The lowest BCUT2D eigenvalue weighted by Gasteiger charge is -2.28. The highest BCUT2D eigenvalue weighted by Crippen LogP contribution is 2.51. The number of hydrogen-bond acceptors (Lipinski definition) is 2. The van der Waals surface area contributed by atoms with Gasteiger partial charge in [0.1, 0.15) is 0 Å². The quantitative estimate of drug-likeness (QED) is 0.135. The summed E-state index contributed by atoms with van der Waals surface area (Å²) in [5.41, 5.74) is 21.4. The number of anilines is 6. The molecule has 10 aromatic carbocycles. The van der Waals surface area contributed by atoms with E-state index in [4.69, 9.17) is 0 Å². The molecule has 1 aliphatic carbocycles. The maximum absolute atomic E-state index is 2.41. The second-order valence-electron chi connectivity index (χ2n) is 17.4. The van der Waals surface area contributed by atoms with Crippen molar-refractivity contribution in [1.82, 2.24) is 0 Å². The standard InChI is InChI=1S/C63H48N2/c1-63(2)61-24-13-12-23-59(61)60-42-41-58(44-62(60)63)65(57-22-14-21-52(43-57)47-19-10-5-11-20-47)56-39-31-51(32-40-56)50-29-37-55(38-30-50)64(53-33-25-48(26-34-53)45-15-6-3-7-16-45)54-35-27-49(28-36-54)46-17-8-4-9-18-46/h3-44H,1-2H3. The Bertz CT molecular complexity index is 3140. The molecule has 0 aromatic heterocycles. The Morgan fingerprint density at radius 3 is 1.02 bits per heavy atom. The lowest BCUT2D eigenvalue weighted by Crippen LogP contribution is -2.16. The van der Waals surface area contributed by atoms with Crippen LogP contribution in [0.2, 0.25) is 0 Å². The van der Waals surface area contributed by atoms with E-state index < -0.39 is 0 Å². The lowest BCUT2D eigenvalue weighted by atomic mass is 9.82. The van der Waals surface area contributed by atoms with E-state index in [0.29, 0.717) is 0 Å². The van der Waals surface area contributed by atoms with Gasteiger partial charge in [-0.15, -0.1) is 0 Å². The molecule has 11 rings (SSSR count). The molecule has 2 nitrogen and oxygen atoms in total. The van der Waals surface area contributed by atoms with Gasteiger partial charge < -0.3 is 9.80 Å². The molecule has 0 saturated heterocycles. The van der Waals surface area contributed by atoms with Gasteiger partial charge in [0, 0.05) is 39.5 Å². The van der Waals surface area contributed by atoms with Gasteiger partial charge in [-0.2, -0.15) is 0 Å². The molecule has 0 saturated carbocycles. The van der Waals surface area contributed by atoms with Crippen molar-refractivity contribution in [2.24, 2.45) is 0 Å². The Hall–Kier alpha value is -8.20. The second kappa shape index (κ2) is 16.8. The monoisotopic (exact) mass is 832 g/mol. The van der Waals surface area contributed by atoms with Crippen LogP contribution >= 0.6 is 0 Å². The molecule has 0 aliphatic heterocycles. The lowest BCUT2D eigenvalue weighted by molar-refractivity contribution is 0.660. The number of benzene rings is 10. The van der Waals surface area contributed by atoms with Gasteiger partial charge in [-0.3, -0.25) is 0 Å². The first kappa shape index (κ1) is 39.6. The maximum Gasteiger partial charge on any atom is 0.0467 e. The summed E-state index contributed by atoms with van der Waals surface area (Å²) < 4.78 is 0. The Balaban J connectivity index is 0.939. The van der Waals surface area contributed by atoms with Crippen molar-refractivity contribution in [2.45, 2.75) is 19.3 Å². The fourth-order valence-electron chi connectivity index (χ4n) is 9.65. The topological polar surface area (TPSA) is 6.48 Å². The van der Waals surface area contributed by atoms with Gasteiger partial charge in [0.2, 0.25) is 0 Å². The molecule has 310 valence electrons. The zero-order valence-electron chi connectivity index (χ0n) is 36.6. The van der Waals surface area contributed by atoms with E-state index in [0.717, 1.165) is 45.3 Å². The van der Waals surface area contributed by atoms with Gasteiger partial charge >= 0.3 is 0 Å². The van der Waals surface area contributed by atoms with Gasteiger partial charge in [0.05, 0.1) is 0 Å². The Kier molecular flexibility index (Phi) is 10.3. The van der Waals surface area contributed by atoms with Crippen LogP contribution in [0.3, 0.4) is 0 Å². The summed E-state index contributed by atoms with van der Waals surface area (Å²) in [5.74, 6) is 0. The molecule has 0 amide bonds. The zero-order chi connectivity index (χ0) is 43.7. The number of hydrogen-bond donors (Lipinski definition) is 0. The van der Waals surface area contributed by atoms with E-state index >= 15 is 0 Å². The van der Waals surface area contributed by atoms with E-state index in [1.165, 1.54) is 55.6 Å². The first-order chi connectivity index (χ1) is 32.0. The van der Waals surface area contributed by atoms with Crippen LogP contribution < -0.4 is 9.80 Å². The predicted octanol–water partition coefficient (Wildman–Crippen LogP) is 17.6. The van der Waals surface area contributed by atoms with Gasteiger partial charge in [-0.25, -0.2) is 0 Å². The minimum atomic E-state index is -0.109. The largest absolute Gasteiger partial charge is 0.311 e. The third-order valence-electron chi connectivity index (χ3n) is 13.1. The summed E-state index contributed by atoms with van der Waals surface area (Å²) >= 11 is 0. The average Bonchev–Trinajstić information content (AvgIpc) is 3.61. The number of fused-ring (bicyclic) bond motifs is 3. The second-order valence-corrected chi connectivity index (χ2v) is 17.4. The molecular weight excluding hydrogens is 785 g/mol. The SMILES string of the molecule is CC1(C)c2ccccc2-c2ccc(N(c3ccc(-c4ccc(N(c5ccc(-c6ccccc6)cc5)c5ccc(-c6ccccc6)cc5)cc4)cc3)c3cccc(-c4ccccc4)c3)cc21. The summed E-state index contributed by atoms with van der Waals surface area (Å²) in [6, 6.07) is 92.4. The molecule has 0 spiro atoms. The maximum atomic E-state index is 2.41. The number of rotatable bonds is 10. The molecule has 65 heavy (non-hydrogen) atoms. The van der Waals surface area contributed by atoms with Crippen molar-refractivity contribution < 1.29 is 0 Å². The van der Waals surface area contributed by atoms with E-state index in [9.17, 15) is 0 Å². The predicted molar refractivity (Wildman–Crippen MR) is 275 cm³/mol. The molecule has 2 heteroatoms. The fraction of sp³-hybridized carbons (Fsp3) is 0.0476. The van der Waals surface area contributed by atoms with Crippen LogP contribution in [0, 0.1) is 0 Å². The van der Waals surface area contributed by atoms with Gasteiger partial charge in [0.15, 0.2) is 0 Å². The van der Waals surface area contributed by atoms with Crippen molar-refractivity contribution in [3.63, 3.8) is 0 Å². The molecular formula is C63H48N2. The van der Waals surface area contributed by atoms with Gasteiger partial charge in [-0.05, 0) is 140 Å². The minimum absolute atomic E-state index is 0.109. The summed E-state index contributed by atoms with van der Waals surface area (Å²) in [7, 11) is 0. The highest BCUT2D eigenvalue weighted by Gasteiger charge is 2.35. The molecule has 0 radical (unpaired) electrons. The molecule has 0 N–H and O–H groups in total. The molecule has 1 aliphatic rings. The van der Waals surface area contributed by atoms with Crippen molar-refractivity contribution in [1.29, 1.82) is 0 Å². The van der Waals surface area contributed by atoms with Crippen LogP contribution in [0.25, 0.3) is 55.6 Å². The fourth-order valence-corrected chi connectivity index (χ4v) is 9.65. The van der Waals surface area contributed by atoms with Crippen LogP contribution in [0.1, 0.15) is 25.0 Å². The van der Waals surface area contributed by atoms with Crippen molar-refractivity contribution in [2.75, 3.05) is 9.80 Å². The highest BCUT2D eigenvalue weighted by atomic mass is 15.1. The summed E-state index contributed by atoms with van der Waals surface area (Å²) in [4.78, 5) is 4.75. The Labute approximate surface area is 383 Å². The van der Waals surface area contributed by atoms with Crippen LogP contribution in [0.4, 0.5) is 34.1 Å². The first-order valence-electron chi connectivity index (χ1n) is 22.5. The third kappa shape index (κ3) is 7.60.